The van der Waals surface area contributed by atoms with Gasteiger partial charge in [0.1, 0.15) is 0 Å². The van der Waals surface area contributed by atoms with E-state index >= 15 is 0 Å². The van der Waals surface area contributed by atoms with E-state index in [0.717, 1.165) is 11.2 Å². The smallest absolute Gasteiger partial charge is 0.0421 e. The molecular formula is C6H11NS. The number of rotatable bonds is 1. The zero-order valence-electron chi connectivity index (χ0n) is 4.89. The second-order valence-corrected chi connectivity index (χ2v) is 3.87. The third-order valence-corrected chi connectivity index (χ3v) is 3.24. The molecular weight excluding hydrogens is 118 g/mol. The molecule has 1 saturated heterocycles. The lowest BCUT2D eigenvalue weighted by Crippen LogP contribution is -2.13. The highest BCUT2D eigenvalue weighted by molar-refractivity contribution is 8.00. The van der Waals surface area contributed by atoms with Crippen LogP contribution in [0.4, 0.5) is 0 Å². The molecule has 2 fully saturated rings. The summed E-state index contributed by atoms with van der Waals surface area (Å²) in [6, 6.07) is 0. The Bertz CT molecular complexity index is 84.5. The normalized spacial score (nSPS) is 38.2. The van der Waals surface area contributed by atoms with Crippen molar-refractivity contribution in [3.8, 4) is 0 Å². The van der Waals surface area contributed by atoms with Crippen LogP contribution in [-0.2, 0) is 0 Å². The van der Waals surface area contributed by atoms with Gasteiger partial charge in [-0.05, 0) is 18.8 Å². The Labute approximate surface area is 54.2 Å². The first-order chi connectivity index (χ1) is 3.97. The van der Waals surface area contributed by atoms with Crippen LogP contribution in [0.1, 0.15) is 12.8 Å². The average Bonchev–Trinajstić information content (AvgIpc) is 2.49. The number of hydrogen-bond acceptors (Lipinski definition) is 2. The van der Waals surface area contributed by atoms with E-state index in [-0.39, 0.29) is 0 Å². The third-order valence-electron chi connectivity index (χ3n) is 1.89. The molecule has 0 spiro atoms. The number of hydrogen-bond donors (Lipinski definition) is 1. The fourth-order valence-electron chi connectivity index (χ4n) is 1.20. The van der Waals surface area contributed by atoms with Crippen molar-refractivity contribution in [1.82, 2.24) is 5.32 Å². The van der Waals surface area contributed by atoms with Crippen molar-refractivity contribution in [2.75, 3.05) is 12.4 Å². The molecule has 0 bridgehead atoms. The first-order valence-corrected chi connectivity index (χ1v) is 4.34. The van der Waals surface area contributed by atoms with E-state index in [1.54, 1.807) is 0 Å². The van der Waals surface area contributed by atoms with Crippen molar-refractivity contribution in [2.45, 2.75) is 18.1 Å². The van der Waals surface area contributed by atoms with Gasteiger partial charge in [0.25, 0.3) is 0 Å². The SMILES string of the molecule is C1NCC(C2CC2)S1. The summed E-state index contributed by atoms with van der Waals surface area (Å²) in [6.45, 7) is 1.27. The Morgan fingerprint density at radius 2 is 2.25 bits per heavy atom. The molecule has 1 aliphatic carbocycles. The maximum Gasteiger partial charge on any atom is 0.0421 e. The standard InChI is InChI=1S/C6H11NS/c1-2-5(1)6-3-7-4-8-6/h5-7H,1-4H2. The van der Waals surface area contributed by atoms with Crippen molar-refractivity contribution in [3.63, 3.8) is 0 Å². The van der Waals surface area contributed by atoms with E-state index in [9.17, 15) is 0 Å². The molecule has 2 aliphatic rings. The van der Waals surface area contributed by atoms with Crippen molar-refractivity contribution in [1.29, 1.82) is 0 Å². The molecule has 1 N–H and O–H groups in total. The molecule has 0 amide bonds. The molecule has 0 aromatic heterocycles. The number of nitrogens with one attached hydrogen (secondary N) is 1. The molecule has 1 unspecified atom stereocenters. The van der Waals surface area contributed by atoms with Gasteiger partial charge < -0.3 is 5.32 Å². The Hall–Kier alpha value is 0.310. The van der Waals surface area contributed by atoms with Crippen LogP contribution >= 0.6 is 11.8 Å². The molecule has 46 valence electrons. The highest BCUT2D eigenvalue weighted by Crippen LogP contribution is 2.39. The zero-order valence-corrected chi connectivity index (χ0v) is 5.71. The van der Waals surface area contributed by atoms with Crippen molar-refractivity contribution < 1.29 is 0 Å². The molecule has 2 heteroatoms. The summed E-state index contributed by atoms with van der Waals surface area (Å²) in [6.07, 6.45) is 3.00. The van der Waals surface area contributed by atoms with Crippen molar-refractivity contribution >= 4 is 11.8 Å². The lowest BCUT2D eigenvalue weighted by atomic mass is 10.3. The average molecular weight is 129 g/mol. The van der Waals surface area contributed by atoms with Crippen LogP contribution in [0.2, 0.25) is 0 Å². The summed E-state index contributed by atoms with van der Waals surface area (Å²) < 4.78 is 0. The highest BCUT2D eigenvalue weighted by Gasteiger charge is 2.33. The van der Waals surface area contributed by atoms with Crippen LogP contribution in [0, 0.1) is 5.92 Å². The Kier molecular flexibility index (Phi) is 1.23. The van der Waals surface area contributed by atoms with E-state index in [0.29, 0.717) is 0 Å². The van der Waals surface area contributed by atoms with Gasteiger partial charge in [0.2, 0.25) is 0 Å². The second-order valence-electron chi connectivity index (χ2n) is 2.64. The first kappa shape index (κ1) is 5.12. The third kappa shape index (κ3) is 0.869. The first-order valence-electron chi connectivity index (χ1n) is 3.29. The van der Waals surface area contributed by atoms with E-state index in [4.69, 9.17) is 0 Å². The molecule has 2 rings (SSSR count). The molecule has 1 aliphatic heterocycles. The maximum atomic E-state index is 3.36. The van der Waals surface area contributed by atoms with Gasteiger partial charge >= 0.3 is 0 Å². The van der Waals surface area contributed by atoms with Gasteiger partial charge in [-0.25, -0.2) is 0 Å². The van der Waals surface area contributed by atoms with Crippen LogP contribution < -0.4 is 5.32 Å². The second kappa shape index (κ2) is 1.92. The number of thioether (sulfide) groups is 1. The van der Waals surface area contributed by atoms with Gasteiger partial charge in [-0.3, -0.25) is 0 Å². The largest absolute Gasteiger partial charge is 0.307 e. The van der Waals surface area contributed by atoms with Gasteiger partial charge in [-0.1, -0.05) is 0 Å². The van der Waals surface area contributed by atoms with E-state index in [2.05, 4.69) is 17.1 Å². The minimum absolute atomic E-state index is 0.981. The Balaban J connectivity index is 1.86. The molecule has 1 nitrogen and oxygen atoms in total. The van der Waals surface area contributed by atoms with Gasteiger partial charge in [-0.15, -0.1) is 11.8 Å². The molecule has 1 saturated carbocycles. The molecule has 1 heterocycles. The van der Waals surface area contributed by atoms with Crippen LogP contribution in [0.25, 0.3) is 0 Å². The topological polar surface area (TPSA) is 12.0 Å². The highest BCUT2D eigenvalue weighted by atomic mass is 32.2. The summed E-state index contributed by atoms with van der Waals surface area (Å²) in [5, 5.41) is 4.34. The van der Waals surface area contributed by atoms with E-state index in [1.807, 2.05) is 0 Å². The maximum absolute atomic E-state index is 3.36. The van der Waals surface area contributed by atoms with E-state index in [1.165, 1.54) is 25.3 Å². The molecule has 0 aromatic rings. The Morgan fingerprint density at radius 1 is 1.38 bits per heavy atom. The predicted molar refractivity (Wildman–Crippen MR) is 37.0 cm³/mol. The minimum Gasteiger partial charge on any atom is -0.307 e. The molecule has 0 aromatic carbocycles. The predicted octanol–water partition coefficient (Wildman–Crippen LogP) is 1.06. The van der Waals surface area contributed by atoms with Gasteiger partial charge in [0.15, 0.2) is 0 Å². The molecule has 1 atom stereocenters. The summed E-state index contributed by atoms with van der Waals surface area (Å²) in [5.41, 5.74) is 0. The quantitative estimate of drug-likeness (QED) is 0.568. The van der Waals surface area contributed by atoms with Gasteiger partial charge in [0, 0.05) is 17.7 Å². The Morgan fingerprint density at radius 3 is 2.75 bits per heavy atom. The van der Waals surface area contributed by atoms with Gasteiger partial charge in [-0.2, -0.15) is 0 Å². The monoisotopic (exact) mass is 129 g/mol. The minimum atomic E-state index is 0.981. The molecule has 8 heavy (non-hydrogen) atoms. The fraction of sp³-hybridized carbons (Fsp3) is 1.00. The van der Waals surface area contributed by atoms with Crippen LogP contribution in [0.3, 0.4) is 0 Å². The summed E-state index contributed by atoms with van der Waals surface area (Å²) in [4.78, 5) is 0. The fourth-order valence-corrected chi connectivity index (χ4v) is 2.43. The van der Waals surface area contributed by atoms with Gasteiger partial charge in [0.05, 0.1) is 0 Å². The summed E-state index contributed by atoms with van der Waals surface area (Å²) in [5.74, 6) is 2.29. The van der Waals surface area contributed by atoms with Crippen LogP contribution in [-0.4, -0.2) is 17.7 Å². The lowest BCUT2D eigenvalue weighted by molar-refractivity contribution is 0.711. The summed E-state index contributed by atoms with van der Waals surface area (Å²) >= 11 is 2.10. The van der Waals surface area contributed by atoms with Crippen LogP contribution in [0.5, 0.6) is 0 Å². The van der Waals surface area contributed by atoms with Crippen LogP contribution in [0.15, 0.2) is 0 Å². The molecule has 0 radical (unpaired) electrons. The van der Waals surface area contributed by atoms with Crippen molar-refractivity contribution in [2.24, 2.45) is 5.92 Å². The lowest BCUT2D eigenvalue weighted by Gasteiger charge is -2.01. The zero-order chi connectivity index (χ0) is 5.40. The van der Waals surface area contributed by atoms with Crippen molar-refractivity contribution in [3.05, 3.63) is 0 Å². The summed E-state index contributed by atoms with van der Waals surface area (Å²) in [7, 11) is 0. The van der Waals surface area contributed by atoms with E-state index < -0.39 is 0 Å².